The number of carbonyl (C=O) groups excluding carboxylic acids is 1. The number of anilines is 1. The van der Waals surface area contributed by atoms with Gasteiger partial charge in [0.05, 0.1) is 16.3 Å². The van der Waals surface area contributed by atoms with Crippen molar-refractivity contribution in [2.75, 3.05) is 18.5 Å². The number of likely N-dealkylation sites (N-methyl/N-ethyl adjacent to an activating group) is 1. The van der Waals surface area contributed by atoms with E-state index in [0.717, 1.165) is 20.7 Å². The van der Waals surface area contributed by atoms with Gasteiger partial charge >= 0.3 is 0 Å². The largest absolute Gasteiger partial charge is 0.312 e. The monoisotopic (exact) mass is 324 g/mol. The maximum absolute atomic E-state index is 13.6. The molecule has 23 heavy (non-hydrogen) atoms. The highest BCUT2D eigenvalue weighted by Gasteiger charge is 2.26. The number of benzene rings is 2. The fourth-order valence-corrected chi connectivity index (χ4v) is 4.10. The molecule has 1 aliphatic heterocycles. The SMILES string of the molecule is CN1C(=O)CN=C(c2cccc(F)c2)c2sc3ccccc3c21. The molecule has 1 aromatic heterocycles. The first-order valence-corrected chi connectivity index (χ1v) is 8.05. The van der Waals surface area contributed by atoms with Gasteiger partial charge in [0, 0.05) is 22.7 Å². The van der Waals surface area contributed by atoms with Crippen LogP contribution in [0.15, 0.2) is 53.5 Å². The van der Waals surface area contributed by atoms with Gasteiger partial charge in [-0.15, -0.1) is 11.3 Å². The topological polar surface area (TPSA) is 32.7 Å². The first kappa shape index (κ1) is 14.1. The molecule has 0 atom stereocenters. The third kappa shape index (κ3) is 2.24. The molecule has 0 radical (unpaired) electrons. The lowest BCUT2D eigenvalue weighted by molar-refractivity contribution is -0.116. The third-order valence-electron chi connectivity index (χ3n) is 3.96. The minimum atomic E-state index is -0.309. The van der Waals surface area contributed by atoms with Crippen molar-refractivity contribution in [3.63, 3.8) is 0 Å². The van der Waals surface area contributed by atoms with Gasteiger partial charge in [-0.25, -0.2) is 4.39 Å². The van der Waals surface area contributed by atoms with Crippen molar-refractivity contribution in [1.82, 2.24) is 0 Å². The summed E-state index contributed by atoms with van der Waals surface area (Å²) in [7, 11) is 1.77. The van der Waals surface area contributed by atoms with Crippen LogP contribution in [0.4, 0.5) is 10.1 Å². The van der Waals surface area contributed by atoms with E-state index < -0.39 is 0 Å². The smallest absolute Gasteiger partial charge is 0.248 e. The molecule has 3 nitrogen and oxygen atoms in total. The molecule has 0 saturated heterocycles. The number of halogens is 1. The predicted molar refractivity (Wildman–Crippen MR) is 92.1 cm³/mol. The Bertz CT molecular complexity index is 961. The molecule has 5 heteroatoms. The van der Waals surface area contributed by atoms with Crippen molar-refractivity contribution in [2.45, 2.75) is 0 Å². The highest BCUT2D eigenvalue weighted by Crippen LogP contribution is 2.40. The number of amides is 1. The van der Waals surface area contributed by atoms with Gasteiger partial charge in [-0.2, -0.15) is 0 Å². The first-order valence-electron chi connectivity index (χ1n) is 7.24. The Morgan fingerprint density at radius 2 is 2.00 bits per heavy atom. The van der Waals surface area contributed by atoms with Crippen LogP contribution in [0.2, 0.25) is 0 Å². The molecule has 2 aromatic carbocycles. The molecule has 0 bridgehead atoms. The van der Waals surface area contributed by atoms with Gasteiger partial charge < -0.3 is 4.90 Å². The maximum Gasteiger partial charge on any atom is 0.248 e. The van der Waals surface area contributed by atoms with Crippen LogP contribution in [0.25, 0.3) is 10.1 Å². The van der Waals surface area contributed by atoms with E-state index in [2.05, 4.69) is 4.99 Å². The zero-order valence-electron chi connectivity index (χ0n) is 12.4. The molecule has 2 heterocycles. The van der Waals surface area contributed by atoms with E-state index in [1.54, 1.807) is 29.4 Å². The van der Waals surface area contributed by atoms with Gasteiger partial charge in [0.1, 0.15) is 12.4 Å². The van der Waals surface area contributed by atoms with Gasteiger partial charge in [-0.05, 0) is 18.2 Å². The van der Waals surface area contributed by atoms with E-state index in [-0.39, 0.29) is 18.3 Å². The molecule has 0 saturated carbocycles. The van der Waals surface area contributed by atoms with Crippen LogP contribution in [0.3, 0.4) is 0 Å². The fourth-order valence-electron chi connectivity index (χ4n) is 2.83. The summed E-state index contributed by atoms with van der Waals surface area (Å²) in [5.41, 5.74) is 2.23. The van der Waals surface area contributed by atoms with Crippen molar-refractivity contribution in [2.24, 2.45) is 4.99 Å². The minimum Gasteiger partial charge on any atom is -0.312 e. The number of aliphatic imine (C=N–C) groups is 1. The summed E-state index contributed by atoms with van der Waals surface area (Å²) in [6.45, 7) is 0.0675. The lowest BCUT2D eigenvalue weighted by atomic mass is 10.1. The second-order valence-electron chi connectivity index (χ2n) is 5.40. The van der Waals surface area contributed by atoms with Gasteiger partial charge in [-0.3, -0.25) is 9.79 Å². The molecular formula is C18H13FN2OS. The van der Waals surface area contributed by atoms with Crippen molar-refractivity contribution in [3.05, 3.63) is 64.8 Å². The van der Waals surface area contributed by atoms with Crippen LogP contribution in [0.1, 0.15) is 10.4 Å². The van der Waals surface area contributed by atoms with Gasteiger partial charge in [0.2, 0.25) is 5.91 Å². The van der Waals surface area contributed by atoms with Crippen LogP contribution in [-0.2, 0) is 4.79 Å². The Kier molecular flexibility index (Phi) is 3.23. The molecule has 0 N–H and O–H groups in total. The summed E-state index contributed by atoms with van der Waals surface area (Å²) >= 11 is 1.58. The Morgan fingerprint density at radius 3 is 2.83 bits per heavy atom. The molecule has 0 aliphatic carbocycles. The van der Waals surface area contributed by atoms with E-state index in [4.69, 9.17) is 0 Å². The van der Waals surface area contributed by atoms with Gasteiger partial charge in [0.15, 0.2) is 0 Å². The molecule has 0 spiro atoms. The maximum atomic E-state index is 13.6. The fraction of sp³-hybridized carbons (Fsp3) is 0.111. The Balaban J connectivity index is 2.02. The van der Waals surface area contributed by atoms with Crippen LogP contribution in [0.5, 0.6) is 0 Å². The molecule has 1 aliphatic rings. The van der Waals surface area contributed by atoms with Crippen LogP contribution in [0, 0.1) is 5.82 Å². The lowest BCUT2D eigenvalue weighted by Gasteiger charge is -2.15. The van der Waals surface area contributed by atoms with Gasteiger partial charge in [-0.1, -0.05) is 30.3 Å². The summed E-state index contributed by atoms with van der Waals surface area (Å²) in [4.78, 5) is 19.3. The molecule has 4 rings (SSSR count). The Hall–Kier alpha value is -2.53. The van der Waals surface area contributed by atoms with Crippen molar-refractivity contribution in [1.29, 1.82) is 0 Å². The van der Waals surface area contributed by atoms with Crippen LogP contribution >= 0.6 is 11.3 Å². The Labute approximate surface area is 136 Å². The first-order chi connectivity index (χ1) is 11.1. The minimum absolute atomic E-state index is 0.0675. The second-order valence-corrected chi connectivity index (χ2v) is 6.46. The zero-order valence-corrected chi connectivity index (χ0v) is 13.2. The number of hydrogen-bond donors (Lipinski definition) is 0. The normalized spacial score (nSPS) is 14.6. The lowest BCUT2D eigenvalue weighted by Crippen LogP contribution is -2.27. The highest BCUT2D eigenvalue weighted by atomic mass is 32.1. The average molecular weight is 324 g/mol. The number of carbonyl (C=O) groups is 1. The summed E-state index contributed by atoms with van der Waals surface area (Å²) in [5.74, 6) is -0.377. The number of hydrogen-bond acceptors (Lipinski definition) is 3. The summed E-state index contributed by atoms with van der Waals surface area (Å²) < 4.78 is 14.7. The number of nitrogens with zero attached hydrogens (tertiary/aromatic N) is 2. The molecule has 1 amide bonds. The third-order valence-corrected chi connectivity index (χ3v) is 5.13. The van der Waals surface area contributed by atoms with Gasteiger partial charge in [0.25, 0.3) is 0 Å². The van der Waals surface area contributed by atoms with Crippen molar-refractivity contribution >= 4 is 38.7 Å². The average Bonchev–Trinajstić information content (AvgIpc) is 2.88. The molecule has 0 fully saturated rings. The summed E-state index contributed by atoms with van der Waals surface area (Å²) in [5, 5.41) is 1.02. The number of rotatable bonds is 1. The summed E-state index contributed by atoms with van der Waals surface area (Å²) in [6.07, 6.45) is 0. The van der Waals surface area contributed by atoms with Crippen LogP contribution in [-0.4, -0.2) is 25.2 Å². The number of fused-ring (bicyclic) bond motifs is 3. The van der Waals surface area contributed by atoms with E-state index in [1.807, 2.05) is 30.3 Å². The molecular weight excluding hydrogens is 311 g/mol. The van der Waals surface area contributed by atoms with Crippen molar-refractivity contribution in [3.8, 4) is 0 Å². The van der Waals surface area contributed by atoms with E-state index in [0.29, 0.717) is 11.3 Å². The summed E-state index contributed by atoms with van der Waals surface area (Å²) in [6, 6.07) is 14.3. The van der Waals surface area contributed by atoms with Crippen LogP contribution < -0.4 is 4.90 Å². The number of thiophene rings is 1. The van der Waals surface area contributed by atoms with E-state index in [9.17, 15) is 9.18 Å². The quantitative estimate of drug-likeness (QED) is 0.669. The van der Waals surface area contributed by atoms with E-state index >= 15 is 0 Å². The zero-order chi connectivity index (χ0) is 16.0. The highest BCUT2D eigenvalue weighted by molar-refractivity contribution is 7.22. The van der Waals surface area contributed by atoms with E-state index in [1.165, 1.54) is 12.1 Å². The predicted octanol–water partition coefficient (Wildman–Crippen LogP) is 3.85. The molecule has 3 aromatic rings. The van der Waals surface area contributed by atoms with Crippen molar-refractivity contribution < 1.29 is 9.18 Å². The second kappa shape index (κ2) is 5.28. The standard InChI is InChI=1S/C18H13FN2OS/c1-21-15(22)10-20-16(11-5-4-6-12(19)9-11)18-17(21)13-7-2-3-8-14(13)23-18/h2-9H,10H2,1H3. The molecule has 0 unspecified atom stereocenters. The molecule has 114 valence electrons. The Morgan fingerprint density at radius 1 is 1.17 bits per heavy atom.